The van der Waals surface area contributed by atoms with Gasteiger partial charge in [-0.15, -0.1) is 0 Å². The van der Waals surface area contributed by atoms with Crippen LogP contribution >= 0.6 is 15.9 Å². The van der Waals surface area contributed by atoms with Crippen LogP contribution in [0.1, 0.15) is 34.6 Å². The van der Waals surface area contributed by atoms with Crippen molar-refractivity contribution in [2.75, 3.05) is 6.61 Å². The Hall–Kier alpha value is -1.16. The maximum Gasteiger partial charge on any atom is 0.161 e. The SMILES string of the molecule is CCOc1c(C=O)ccc(C(C)=O)c1Br. The van der Waals surface area contributed by atoms with E-state index in [4.69, 9.17) is 4.74 Å². The van der Waals surface area contributed by atoms with Crippen LogP contribution in [0, 0.1) is 0 Å². The first-order chi connectivity index (χ1) is 7.11. The molecule has 0 spiro atoms. The molecule has 0 fully saturated rings. The monoisotopic (exact) mass is 270 g/mol. The van der Waals surface area contributed by atoms with Crippen LogP contribution < -0.4 is 4.74 Å². The minimum absolute atomic E-state index is 0.0692. The van der Waals surface area contributed by atoms with Crippen molar-refractivity contribution in [2.45, 2.75) is 13.8 Å². The number of hydrogen-bond acceptors (Lipinski definition) is 3. The molecule has 0 N–H and O–H groups in total. The van der Waals surface area contributed by atoms with E-state index < -0.39 is 0 Å². The second-order valence-electron chi connectivity index (χ2n) is 2.95. The summed E-state index contributed by atoms with van der Waals surface area (Å²) in [6, 6.07) is 3.19. The van der Waals surface area contributed by atoms with Crippen molar-refractivity contribution >= 4 is 28.0 Å². The highest BCUT2D eigenvalue weighted by atomic mass is 79.9. The van der Waals surface area contributed by atoms with E-state index in [1.54, 1.807) is 12.1 Å². The Morgan fingerprint density at radius 3 is 2.67 bits per heavy atom. The van der Waals surface area contributed by atoms with Crippen LogP contribution in [0.4, 0.5) is 0 Å². The van der Waals surface area contributed by atoms with E-state index in [0.29, 0.717) is 34.2 Å². The Morgan fingerprint density at radius 1 is 1.53 bits per heavy atom. The zero-order valence-electron chi connectivity index (χ0n) is 8.54. The molecule has 0 heterocycles. The summed E-state index contributed by atoms with van der Waals surface area (Å²) < 4.78 is 5.86. The zero-order chi connectivity index (χ0) is 11.4. The maximum absolute atomic E-state index is 11.2. The van der Waals surface area contributed by atoms with Crippen LogP contribution in [0.25, 0.3) is 0 Å². The smallest absolute Gasteiger partial charge is 0.161 e. The lowest BCUT2D eigenvalue weighted by Crippen LogP contribution is -2.02. The summed E-state index contributed by atoms with van der Waals surface area (Å²) in [5.74, 6) is 0.362. The summed E-state index contributed by atoms with van der Waals surface area (Å²) >= 11 is 3.27. The van der Waals surface area contributed by atoms with Gasteiger partial charge in [-0.1, -0.05) is 0 Å². The Labute approximate surface area is 96.6 Å². The summed E-state index contributed by atoms with van der Waals surface area (Å²) in [4.78, 5) is 22.0. The van der Waals surface area contributed by atoms with Crippen molar-refractivity contribution in [1.29, 1.82) is 0 Å². The Balaban J connectivity index is 3.34. The fourth-order valence-electron chi connectivity index (χ4n) is 1.23. The predicted molar refractivity (Wildman–Crippen MR) is 60.7 cm³/mol. The Bertz CT molecular complexity index is 399. The molecule has 1 rings (SSSR count). The van der Waals surface area contributed by atoms with Gasteiger partial charge in [0, 0.05) is 5.56 Å². The molecule has 0 aliphatic rings. The number of ketones is 1. The second kappa shape index (κ2) is 5.07. The minimum Gasteiger partial charge on any atom is -0.492 e. The normalized spacial score (nSPS) is 9.80. The standard InChI is InChI=1S/C11H11BrO3/c1-3-15-11-8(6-13)4-5-9(7(2)14)10(11)12/h4-6H,3H2,1-2H3. The van der Waals surface area contributed by atoms with Crippen molar-refractivity contribution in [1.82, 2.24) is 0 Å². The van der Waals surface area contributed by atoms with E-state index in [9.17, 15) is 9.59 Å². The molecule has 0 saturated carbocycles. The molecule has 1 aromatic rings. The molecule has 0 unspecified atom stereocenters. The van der Waals surface area contributed by atoms with E-state index in [1.165, 1.54) is 6.92 Å². The van der Waals surface area contributed by atoms with Gasteiger partial charge in [-0.3, -0.25) is 9.59 Å². The number of benzene rings is 1. The summed E-state index contributed by atoms with van der Waals surface area (Å²) in [6.45, 7) is 3.73. The van der Waals surface area contributed by atoms with E-state index in [-0.39, 0.29) is 5.78 Å². The molecule has 0 aliphatic carbocycles. The first-order valence-corrected chi connectivity index (χ1v) is 5.32. The number of carbonyl (C=O) groups excluding carboxylic acids is 2. The fraction of sp³-hybridized carbons (Fsp3) is 0.273. The molecule has 0 radical (unpaired) electrons. The van der Waals surface area contributed by atoms with Crippen LogP contribution in [0.2, 0.25) is 0 Å². The number of hydrogen-bond donors (Lipinski definition) is 0. The highest BCUT2D eigenvalue weighted by Crippen LogP contribution is 2.32. The van der Waals surface area contributed by atoms with Gasteiger partial charge in [-0.05, 0) is 41.9 Å². The third kappa shape index (κ3) is 2.45. The lowest BCUT2D eigenvalue weighted by Gasteiger charge is -2.10. The van der Waals surface area contributed by atoms with Gasteiger partial charge in [0.2, 0.25) is 0 Å². The van der Waals surface area contributed by atoms with Crippen molar-refractivity contribution in [3.63, 3.8) is 0 Å². The molecular weight excluding hydrogens is 260 g/mol. The molecule has 80 valence electrons. The quantitative estimate of drug-likeness (QED) is 0.624. The fourth-order valence-corrected chi connectivity index (χ4v) is 1.98. The van der Waals surface area contributed by atoms with Crippen LogP contribution in [-0.4, -0.2) is 18.7 Å². The molecule has 1 aromatic carbocycles. The van der Waals surface area contributed by atoms with Gasteiger partial charge in [0.25, 0.3) is 0 Å². The summed E-state index contributed by atoms with van der Waals surface area (Å²) in [7, 11) is 0. The molecule has 3 nitrogen and oxygen atoms in total. The minimum atomic E-state index is -0.0692. The number of carbonyl (C=O) groups is 2. The third-order valence-corrected chi connectivity index (χ3v) is 2.71. The highest BCUT2D eigenvalue weighted by molar-refractivity contribution is 9.10. The molecule has 15 heavy (non-hydrogen) atoms. The van der Waals surface area contributed by atoms with Gasteiger partial charge < -0.3 is 4.74 Å². The number of ether oxygens (including phenoxy) is 1. The summed E-state index contributed by atoms with van der Waals surface area (Å²) in [5, 5.41) is 0. The first kappa shape index (κ1) is 11.9. The van der Waals surface area contributed by atoms with E-state index in [2.05, 4.69) is 15.9 Å². The van der Waals surface area contributed by atoms with Gasteiger partial charge in [0.15, 0.2) is 12.1 Å². The van der Waals surface area contributed by atoms with E-state index >= 15 is 0 Å². The van der Waals surface area contributed by atoms with Crippen LogP contribution in [0.3, 0.4) is 0 Å². The van der Waals surface area contributed by atoms with Crippen molar-refractivity contribution in [3.8, 4) is 5.75 Å². The second-order valence-corrected chi connectivity index (χ2v) is 3.75. The number of aldehydes is 1. The first-order valence-electron chi connectivity index (χ1n) is 4.53. The molecule has 0 amide bonds. The van der Waals surface area contributed by atoms with Crippen LogP contribution in [0.5, 0.6) is 5.75 Å². The molecular formula is C11H11BrO3. The average Bonchev–Trinajstić information content (AvgIpc) is 2.20. The number of halogens is 1. The molecule has 0 aromatic heterocycles. The van der Waals surface area contributed by atoms with Crippen LogP contribution in [-0.2, 0) is 0 Å². The third-order valence-electron chi connectivity index (χ3n) is 1.92. The number of Topliss-reactive ketones (excluding diaryl/α,β-unsaturated/α-hetero) is 1. The zero-order valence-corrected chi connectivity index (χ0v) is 10.1. The summed E-state index contributed by atoms with van der Waals surface area (Å²) in [5.41, 5.74) is 0.956. The largest absolute Gasteiger partial charge is 0.492 e. The van der Waals surface area contributed by atoms with Crippen molar-refractivity contribution in [2.24, 2.45) is 0 Å². The lowest BCUT2D eigenvalue weighted by molar-refractivity contribution is 0.101. The van der Waals surface area contributed by atoms with Gasteiger partial charge in [0.05, 0.1) is 16.6 Å². The predicted octanol–water partition coefficient (Wildman–Crippen LogP) is 2.86. The van der Waals surface area contributed by atoms with E-state index in [1.807, 2.05) is 6.92 Å². The topological polar surface area (TPSA) is 43.4 Å². The Morgan fingerprint density at radius 2 is 2.20 bits per heavy atom. The molecule has 0 bridgehead atoms. The van der Waals surface area contributed by atoms with Crippen LogP contribution in [0.15, 0.2) is 16.6 Å². The molecule has 0 saturated heterocycles. The molecule has 0 aliphatic heterocycles. The molecule has 4 heteroatoms. The van der Waals surface area contributed by atoms with E-state index in [0.717, 1.165) is 0 Å². The van der Waals surface area contributed by atoms with Crippen molar-refractivity contribution < 1.29 is 14.3 Å². The van der Waals surface area contributed by atoms with Gasteiger partial charge >= 0.3 is 0 Å². The summed E-state index contributed by atoms with van der Waals surface area (Å²) in [6.07, 6.45) is 0.708. The maximum atomic E-state index is 11.2. The van der Waals surface area contributed by atoms with Gasteiger partial charge in [-0.25, -0.2) is 0 Å². The van der Waals surface area contributed by atoms with Gasteiger partial charge in [-0.2, -0.15) is 0 Å². The highest BCUT2D eigenvalue weighted by Gasteiger charge is 2.14. The average molecular weight is 271 g/mol. The Kier molecular flexibility index (Phi) is 4.03. The lowest BCUT2D eigenvalue weighted by atomic mass is 10.1. The van der Waals surface area contributed by atoms with Crippen molar-refractivity contribution in [3.05, 3.63) is 27.7 Å². The van der Waals surface area contributed by atoms with Gasteiger partial charge in [0.1, 0.15) is 5.75 Å². The molecule has 0 atom stereocenters. The number of rotatable bonds is 4.